The van der Waals surface area contributed by atoms with Gasteiger partial charge in [0.2, 0.25) is 5.83 Å². The minimum absolute atomic E-state index is 0.0330. The highest BCUT2D eigenvalue weighted by molar-refractivity contribution is 5.84. The molecule has 0 bridgehead atoms. The lowest BCUT2D eigenvalue weighted by Gasteiger charge is -2.10. The van der Waals surface area contributed by atoms with Crippen molar-refractivity contribution in [3.8, 4) is 22.3 Å². The van der Waals surface area contributed by atoms with E-state index in [1.54, 1.807) is 0 Å². The third kappa shape index (κ3) is 7.13. The van der Waals surface area contributed by atoms with Crippen LogP contribution in [0.5, 0.6) is 0 Å². The second kappa shape index (κ2) is 13.7. The summed E-state index contributed by atoms with van der Waals surface area (Å²) in [6.45, 7) is 2.01. The second-order valence-electron chi connectivity index (χ2n) is 9.49. The van der Waals surface area contributed by atoms with E-state index in [-0.39, 0.29) is 35.4 Å². The fourth-order valence-corrected chi connectivity index (χ4v) is 4.22. The smallest absolute Gasteiger partial charge is 0.309 e. The molecule has 4 rings (SSSR count). The summed E-state index contributed by atoms with van der Waals surface area (Å²) in [6, 6.07) is 11.2. The molecule has 0 spiro atoms. The van der Waals surface area contributed by atoms with Gasteiger partial charge in [-0.15, -0.1) is 0 Å². The average molecular weight is 607 g/mol. The largest absolute Gasteiger partial charge is 0.469 e. The summed E-state index contributed by atoms with van der Waals surface area (Å²) in [5, 5.41) is 0. The van der Waals surface area contributed by atoms with Crippen molar-refractivity contribution < 1.29 is 44.3 Å². The highest BCUT2D eigenvalue weighted by atomic mass is 19.2. The summed E-state index contributed by atoms with van der Waals surface area (Å²) < 4.78 is 132. The molecule has 0 heterocycles. The quantitative estimate of drug-likeness (QED) is 0.0574. The third-order valence-corrected chi connectivity index (χ3v) is 6.54. The fraction of sp³-hybridized carbons (Fsp3) is 0.152. The third-order valence-electron chi connectivity index (χ3n) is 6.54. The minimum atomic E-state index is -1.88. The predicted octanol–water partition coefficient (Wildman–Crippen LogP) is 11.3. The van der Waals surface area contributed by atoms with Crippen LogP contribution in [0.15, 0.2) is 78.8 Å². The summed E-state index contributed by atoms with van der Waals surface area (Å²) in [5.74, 6) is -12.3. The maximum atomic E-state index is 15.1. The lowest BCUT2D eigenvalue weighted by atomic mass is 9.97. The Hall–Kier alpha value is -4.47. The van der Waals surface area contributed by atoms with E-state index in [1.807, 2.05) is 6.92 Å². The van der Waals surface area contributed by atoms with Crippen LogP contribution in [0.4, 0.5) is 39.5 Å². The van der Waals surface area contributed by atoms with E-state index >= 15 is 4.39 Å². The van der Waals surface area contributed by atoms with Crippen LogP contribution in [0.3, 0.4) is 0 Å². The van der Waals surface area contributed by atoms with Gasteiger partial charge in [0.25, 0.3) is 0 Å². The first-order valence-electron chi connectivity index (χ1n) is 13.1. The molecule has 10 heteroatoms. The van der Waals surface area contributed by atoms with Gasteiger partial charge in [0.05, 0.1) is 6.61 Å². The number of rotatable bonds is 10. The SMILES string of the molecule is CCCCCOC(F)=C(F)c1ccc(-c2ccc(-c3ccc(C(F)=C(F)c4cc(F)c(F)c(F)c4)c(F)c3)c(F)c2)cc1. The molecule has 0 aliphatic rings. The zero-order valence-electron chi connectivity index (χ0n) is 22.6. The molecule has 224 valence electrons. The first kappa shape index (κ1) is 31.5. The minimum Gasteiger partial charge on any atom is -0.469 e. The summed E-state index contributed by atoms with van der Waals surface area (Å²) in [6.07, 6.45) is 2.31. The summed E-state index contributed by atoms with van der Waals surface area (Å²) in [7, 11) is 0. The van der Waals surface area contributed by atoms with Gasteiger partial charge in [-0.3, -0.25) is 0 Å². The van der Waals surface area contributed by atoms with Crippen LogP contribution in [0.25, 0.3) is 39.7 Å². The van der Waals surface area contributed by atoms with Crippen LogP contribution in [0.1, 0.15) is 42.9 Å². The van der Waals surface area contributed by atoms with Gasteiger partial charge in [-0.2, -0.15) is 8.78 Å². The molecule has 0 fully saturated rings. The maximum Gasteiger partial charge on any atom is 0.309 e. The van der Waals surface area contributed by atoms with E-state index in [0.717, 1.165) is 37.1 Å². The Labute approximate surface area is 241 Å². The van der Waals surface area contributed by atoms with E-state index in [0.29, 0.717) is 17.5 Å². The molecular formula is C33H23F9O. The molecule has 0 saturated heterocycles. The molecule has 4 aromatic carbocycles. The average Bonchev–Trinajstić information content (AvgIpc) is 3.00. The molecule has 0 unspecified atom stereocenters. The highest BCUT2D eigenvalue weighted by Gasteiger charge is 2.20. The van der Waals surface area contributed by atoms with Gasteiger partial charge in [-0.05, 0) is 53.4 Å². The first-order valence-corrected chi connectivity index (χ1v) is 13.1. The van der Waals surface area contributed by atoms with Crippen molar-refractivity contribution in [1.82, 2.24) is 0 Å². The molecule has 1 nitrogen and oxygen atoms in total. The van der Waals surface area contributed by atoms with E-state index in [9.17, 15) is 35.1 Å². The van der Waals surface area contributed by atoms with Crippen LogP contribution in [0, 0.1) is 29.1 Å². The Morgan fingerprint density at radius 2 is 1.16 bits per heavy atom. The van der Waals surface area contributed by atoms with Gasteiger partial charge in [-0.1, -0.05) is 62.2 Å². The standard InChI is InChI=1S/C33H23F9O/c1-2-3-4-13-43-33(42)30(39)19-7-5-18(6-8-19)20-9-11-23(25(34)14-20)21-10-12-24(26(35)15-21)31(40)29(38)22-16-27(36)32(41)28(37)17-22/h5-12,14-17H,2-4,13H2,1H3. The van der Waals surface area contributed by atoms with Gasteiger partial charge in [-0.25, -0.2) is 30.7 Å². The summed E-state index contributed by atoms with van der Waals surface area (Å²) >= 11 is 0. The lowest BCUT2D eigenvalue weighted by molar-refractivity contribution is 0.140. The van der Waals surface area contributed by atoms with Gasteiger partial charge in [0.15, 0.2) is 29.1 Å². The zero-order chi connectivity index (χ0) is 31.3. The molecule has 4 aromatic rings. The van der Waals surface area contributed by atoms with Crippen molar-refractivity contribution in [3.05, 3.63) is 125 Å². The number of ether oxygens (including phenoxy) is 1. The predicted molar refractivity (Wildman–Crippen MR) is 147 cm³/mol. The molecule has 0 N–H and O–H groups in total. The van der Waals surface area contributed by atoms with Crippen molar-refractivity contribution in [3.63, 3.8) is 0 Å². The van der Waals surface area contributed by atoms with Crippen molar-refractivity contribution >= 4 is 17.5 Å². The molecule has 43 heavy (non-hydrogen) atoms. The van der Waals surface area contributed by atoms with Crippen molar-refractivity contribution in [2.75, 3.05) is 6.61 Å². The monoisotopic (exact) mass is 606 g/mol. The Morgan fingerprint density at radius 3 is 1.77 bits per heavy atom. The molecule has 0 atom stereocenters. The van der Waals surface area contributed by atoms with Crippen molar-refractivity contribution in [1.29, 1.82) is 0 Å². The molecule has 0 radical (unpaired) electrons. The molecule has 0 aromatic heterocycles. The van der Waals surface area contributed by atoms with E-state index in [2.05, 4.69) is 0 Å². The highest BCUT2D eigenvalue weighted by Crippen LogP contribution is 2.35. The number of unbranched alkanes of at least 4 members (excludes halogenated alkanes) is 2. The van der Waals surface area contributed by atoms with Crippen molar-refractivity contribution in [2.24, 2.45) is 0 Å². The Kier molecular flexibility index (Phi) is 10.0. The lowest BCUT2D eigenvalue weighted by Crippen LogP contribution is -1.95. The van der Waals surface area contributed by atoms with Gasteiger partial charge < -0.3 is 4.74 Å². The fourth-order valence-electron chi connectivity index (χ4n) is 4.22. The van der Waals surface area contributed by atoms with Crippen LogP contribution in [-0.2, 0) is 4.74 Å². The van der Waals surface area contributed by atoms with Crippen LogP contribution in [-0.4, -0.2) is 6.61 Å². The normalized spacial score (nSPS) is 12.6. The van der Waals surface area contributed by atoms with Gasteiger partial charge >= 0.3 is 6.01 Å². The van der Waals surface area contributed by atoms with E-state index < -0.39 is 63.7 Å². The molecule has 0 aliphatic carbocycles. The second-order valence-corrected chi connectivity index (χ2v) is 9.49. The maximum absolute atomic E-state index is 15.1. The Morgan fingerprint density at radius 1 is 0.558 bits per heavy atom. The number of benzene rings is 4. The van der Waals surface area contributed by atoms with Gasteiger partial charge in [0.1, 0.15) is 11.6 Å². The first-order chi connectivity index (χ1) is 20.5. The molecule has 0 aliphatic heterocycles. The van der Waals surface area contributed by atoms with E-state index in [1.165, 1.54) is 36.4 Å². The Bertz CT molecular complexity index is 1670. The molecule has 0 saturated carbocycles. The van der Waals surface area contributed by atoms with E-state index in [4.69, 9.17) is 4.74 Å². The van der Waals surface area contributed by atoms with Crippen molar-refractivity contribution in [2.45, 2.75) is 26.2 Å². The number of halogens is 9. The summed E-state index contributed by atoms with van der Waals surface area (Å²) in [5.41, 5.74) is -1.26. The van der Waals surface area contributed by atoms with Crippen LogP contribution in [0.2, 0.25) is 0 Å². The van der Waals surface area contributed by atoms with Crippen LogP contribution < -0.4 is 0 Å². The Balaban J connectivity index is 1.55. The summed E-state index contributed by atoms with van der Waals surface area (Å²) in [4.78, 5) is 0. The molecular weight excluding hydrogens is 583 g/mol. The number of hydrogen-bond donors (Lipinski definition) is 0. The van der Waals surface area contributed by atoms with Gasteiger partial charge in [0, 0.05) is 22.3 Å². The van der Waals surface area contributed by atoms with Crippen LogP contribution >= 0.6 is 0 Å². The zero-order valence-corrected chi connectivity index (χ0v) is 22.6. The number of hydrogen-bond acceptors (Lipinski definition) is 1. The topological polar surface area (TPSA) is 9.23 Å². The molecule has 0 amide bonds.